The van der Waals surface area contributed by atoms with Crippen LogP contribution in [0.5, 0.6) is 0 Å². The highest BCUT2D eigenvalue weighted by atomic mass is 19.1. The molecule has 2 unspecified atom stereocenters. The normalized spacial score (nSPS) is 13.4. The van der Waals surface area contributed by atoms with Gasteiger partial charge < -0.3 is 10.4 Å². The van der Waals surface area contributed by atoms with Gasteiger partial charge in [-0.05, 0) is 31.9 Å². The lowest BCUT2D eigenvalue weighted by molar-refractivity contribution is -0.141. The molecule has 1 aromatic rings. The number of carboxylic acid groups (broad SMARTS) is 1. The van der Waals surface area contributed by atoms with E-state index in [9.17, 15) is 9.18 Å². The van der Waals surface area contributed by atoms with E-state index in [1.807, 2.05) is 13.0 Å². The van der Waals surface area contributed by atoms with Crippen molar-refractivity contribution in [3.63, 3.8) is 0 Å². The minimum absolute atomic E-state index is 0.182. The Morgan fingerprint density at radius 2 is 2.14 bits per heavy atom. The summed E-state index contributed by atoms with van der Waals surface area (Å²) in [6, 6.07) is 6.52. The third-order valence-electron chi connectivity index (χ3n) is 3.52. The zero-order valence-corrected chi connectivity index (χ0v) is 12.4. The molecule has 0 fully saturated rings. The number of rotatable bonds is 8. The number of hydrogen-bond acceptors (Lipinski definition) is 3. The van der Waals surface area contributed by atoms with Crippen LogP contribution in [0.3, 0.4) is 0 Å². The van der Waals surface area contributed by atoms with E-state index in [1.165, 1.54) is 6.07 Å². The van der Waals surface area contributed by atoms with Gasteiger partial charge in [-0.1, -0.05) is 19.4 Å². The molecule has 0 spiro atoms. The van der Waals surface area contributed by atoms with Gasteiger partial charge in [0.1, 0.15) is 5.82 Å². The SMILES string of the molecule is CC(CCCC(C)C(=O)O)NCc1ccc(C#N)cc1F. The van der Waals surface area contributed by atoms with Crippen LogP contribution in [0.4, 0.5) is 4.39 Å². The first-order valence-electron chi connectivity index (χ1n) is 7.08. The molecule has 5 heteroatoms. The van der Waals surface area contributed by atoms with E-state index in [0.717, 1.165) is 12.8 Å². The van der Waals surface area contributed by atoms with Gasteiger partial charge in [0.2, 0.25) is 0 Å². The van der Waals surface area contributed by atoms with Crippen LogP contribution in [0.2, 0.25) is 0 Å². The second-order valence-electron chi connectivity index (χ2n) is 5.37. The molecule has 0 aliphatic carbocycles. The predicted molar refractivity (Wildman–Crippen MR) is 78.1 cm³/mol. The Balaban J connectivity index is 2.35. The molecule has 0 saturated carbocycles. The summed E-state index contributed by atoms with van der Waals surface area (Å²) >= 11 is 0. The number of carboxylic acids is 1. The number of nitrogens with one attached hydrogen (secondary N) is 1. The maximum atomic E-state index is 13.7. The van der Waals surface area contributed by atoms with Crippen molar-refractivity contribution in [2.45, 2.75) is 45.7 Å². The van der Waals surface area contributed by atoms with Crippen LogP contribution in [-0.2, 0) is 11.3 Å². The zero-order valence-electron chi connectivity index (χ0n) is 12.4. The summed E-state index contributed by atoms with van der Waals surface area (Å²) < 4.78 is 13.7. The van der Waals surface area contributed by atoms with Crippen molar-refractivity contribution >= 4 is 5.97 Å². The first kappa shape index (κ1) is 17.1. The smallest absolute Gasteiger partial charge is 0.306 e. The van der Waals surface area contributed by atoms with Crippen LogP contribution in [0.25, 0.3) is 0 Å². The van der Waals surface area contributed by atoms with Crippen molar-refractivity contribution in [1.29, 1.82) is 5.26 Å². The monoisotopic (exact) mass is 292 g/mol. The Bertz CT molecular complexity index is 525. The van der Waals surface area contributed by atoms with Gasteiger partial charge in [0.25, 0.3) is 0 Å². The van der Waals surface area contributed by atoms with E-state index in [-0.39, 0.29) is 17.8 Å². The second-order valence-corrected chi connectivity index (χ2v) is 5.37. The van der Waals surface area contributed by atoms with Crippen molar-refractivity contribution in [2.75, 3.05) is 0 Å². The second kappa shape index (κ2) is 8.38. The molecule has 0 aliphatic rings. The third kappa shape index (κ3) is 5.92. The standard InChI is InChI=1S/C16H21FN2O2/c1-11(16(20)21)4-3-5-12(2)19-10-14-7-6-13(9-18)8-15(14)17/h6-8,11-12,19H,3-5,10H2,1-2H3,(H,20,21). The molecule has 0 heterocycles. The molecule has 0 amide bonds. The summed E-state index contributed by atoms with van der Waals surface area (Å²) in [5.74, 6) is -1.48. The lowest BCUT2D eigenvalue weighted by atomic mass is 10.0. The van der Waals surface area contributed by atoms with Crippen LogP contribution in [0.1, 0.15) is 44.2 Å². The largest absolute Gasteiger partial charge is 0.481 e. The van der Waals surface area contributed by atoms with Crippen LogP contribution < -0.4 is 5.32 Å². The van der Waals surface area contributed by atoms with Crippen LogP contribution in [0, 0.1) is 23.1 Å². The molecular formula is C16H21FN2O2. The van der Waals surface area contributed by atoms with Crippen molar-refractivity contribution in [3.8, 4) is 6.07 Å². The van der Waals surface area contributed by atoms with Crippen LogP contribution in [-0.4, -0.2) is 17.1 Å². The molecule has 0 radical (unpaired) electrons. The molecule has 0 aromatic heterocycles. The number of nitrogens with zero attached hydrogens (tertiary/aromatic N) is 1. The summed E-state index contributed by atoms with van der Waals surface area (Å²) in [5.41, 5.74) is 0.840. The van der Waals surface area contributed by atoms with Gasteiger partial charge in [-0.2, -0.15) is 5.26 Å². The van der Waals surface area contributed by atoms with E-state index in [4.69, 9.17) is 10.4 Å². The quantitative estimate of drug-likeness (QED) is 0.772. The minimum Gasteiger partial charge on any atom is -0.481 e. The topological polar surface area (TPSA) is 73.1 Å². The highest BCUT2D eigenvalue weighted by molar-refractivity contribution is 5.69. The average molecular weight is 292 g/mol. The lowest BCUT2D eigenvalue weighted by Gasteiger charge is -2.15. The first-order chi connectivity index (χ1) is 9.93. The fourth-order valence-corrected chi connectivity index (χ4v) is 2.00. The molecular weight excluding hydrogens is 271 g/mol. The van der Waals surface area contributed by atoms with Gasteiger partial charge >= 0.3 is 5.97 Å². The van der Waals surface area contributed by atoms with E-state index < -0.39 is 5.97 Å². The lowest BCUT2D eigenvalue weighted by Crippen LogP contribution is -2.26. The maximum absolute atomic E-state index is 13.7. The van der Waals surface area contributed by atoms with Crippen molar-refractivity contribution < 1.29 is 14.3 Å². The number of aliphatic carboxylic acids is 1. The highest BCUT2D eigenvalue weighted by Crippen LogP contribution is 2.12. The summed E-state index contributed by atoms with van der Waals surface area (Å²) in [6.45, 7) is 4.09. The molecule has 0 bridgehead atoms. The maximum Gasteiger partial charge on any atom is 0.306 e. The highest BCUT2D eigenvalue weighted by Gasteiger charge is 2.11. The number of halogens is 1. The summed E-state index contributed by atoms with van der Waals surface area (Å²) in [4.78, 5) is 10.7. The van der Waals surface area contributed by atoms with Gasteiger partial charge in [-0.25, -0.2) is 4.39 Å². The average Bonchev–Trinajstić information content (AvgIpc) is 2.45. The Labute approximate surface area is 124 Å². The molecule has 1 rings (SSSR count). The Morgan fingerprint density at radius 3 is 2.71 bits per heavy atom. The van der Waals surface area contributed by atoms with Crippen molar-refractivity contribution in [2.24, 2.45) is 5.92 Å². The zero-order chi connectivity index (χ0) is 15.8. The Hall–Kier alpha value is -1.93. The Morgan fingerprint density at radius 1 is 1.43 bits per heavy atom. The molecule has 1 aromatic carbocycles. The van der Waals surface area contributed by atoms with Gasteiger partial charge in [-0.15, -0.1) is 0 Å². The van der Waals surface area contributed by atoms with Crippen LogP contribution in [0.15, 0.2) is 18.2 Å². The molecule has 2 atom stereocenters. The molecule has 114 valence electrons. The molecule has 0 aliphatic heterocycles. The van der Waals surface area contributed by atoms with Gasteiger partial charge in [-0.3, -0.25) is 4.79 Å². The molecule has 21 heavy (non-hydrogen) atoms. The van der Waals surface area contributed by atoms with E-state index >= 15 is 0 Å². The van der Waals surface area contributed by atoms with E-state index in [1.54, 1.807) is 19.1 Å². The Kier molecular flexibility index (Phi) is 6.83. The fourth-order valence-electron chi connectivity index (χ4n) is 2.00. The number of benzene rings is 1. The van der Waals surface area contributed by atoms with Crippen molar-refractivity contribution in [3.05, 3.63) is 35.1 Å². The number of hydrogen-bond donors (Lipinski definition) is 2. The van der Waals surface area contributed by atoms with E-state index in [2.05, 4.69) is 5.32 Å². The van der Waals surface area contributed by atoms with Gasteiger partial charge in [0, 0.05) is 18.2 Å². The first-order valence-corrected chi connectivity index (χ1v) is 7.08. The van der Waals surface area contributed by atoms with Crippen LogP contribution >= 0.6 is 0 Å². The van der Waals surface area contributed by atoms with Gasteiger partial charge in [0.15, 0.2) is 0 Å². The van der Waals surface area contributed by atoms with Crippen molar-refractivity contribution in [1.82, 2.24) is 5.32 Å². The van der Waals surface area contributed by atoms with Gasteiger partial charge in [0.05, 0.1) is 17.6 Å². The predicted octanol–water partition coefficient (Wildman–Crippen LogP) is 3.07. The number of nitriles is 1. The number of carbonyl (C=O) groups is 1. The minimum atomic E-state index is -0.768. The summed E-state index contributed by atoms with van der Waals surface area (Å²) in [6.07, 6.45) is 2.31. The molecule has 0 saturated heterocycles. The fraction of sp³-hybridized carbons (Fsp3) is 0.500. The molecule has 2 N–H and O–H groups in total. The third-order valence-corrected chi connectivity index (χ3v) is 3.52. The summed E-state index contributed by atoms with van der Waals surface area (Å²) in [5, 5.41) is 20.7. The van der Waals surface area contributed by atoms with E-state index in [0.29, 0.717) is 24.1 Å². The summed E-state index contributed by atoms with van der Waals surface area (Å²) in [7, 11) is 0. The molecule has 4 nitrogen and oxygen atoms in total.